The second-order valence-electron chi connectivity index (χ2n) is 2.11. The van der Waals surface area contributed by atoms with Crippen molar-refractivity contribution in [2.24, 2.45) is 0 Å². The third-order valence-electron chi connectivity index (χ3n) is 1.32. The fourth-order valence-electron chi connectivity index (χ4n) is 0.757. The molecular weight excluding hydrogens is 312 g/mol. The maximum absolute atomic E-state index is 12.9. The van der Waals surface area contributed by atoms with E-state index in [-0.39, 0.29) is 14.6 Å². The first-order valence-electron chi connectivity index (χ1n) is 3.11. The minimum Gasteiger partial charge on any atom is -0.327 e. The summed E-state index contributed by atoms with van der Waals surface area (Å²) >= 11 is 5.79. The lowest BCUT2D eigenvalue weighted by Crippen LogP contribution is -1.99. The number of carbonyl (C=O) groups is 1. The molecule has 0 saturated carbocycles. The molecule has 1 rings (SSSR count). The summed E-state index contributed by atoms with van der Waals surface area (Å²) in [6, 6.07) is 0.936. The lowest BCUT2D eigenvalue weighted by atomic mass is 10.3. The molecule has 1 N–H and O–H groups in total. The van der Waals surface area contributed by atoms with Gasteiger partial charge >= 0.3 is 0 Å². The molecule has 0 atom stereocenters. The van der Waals surface area contributed by atoms with Crippen LogP contribution in [-0.4, -0.2) is 6.41 Å². The first-order chi connectivity index (χ1) is 6.07. The standard InChI is InChI=1S/C7H3Br2F2NO/c8-3-1-4(10)6(11)5(9)7(3)12-2-13/h1-2H,(H,12,13). The second-order valence-corrected chi connectivity index (χ2v) is 3.75. The fourth-order valence-corrected chi connectivity index (χ4v) is 2.05. The van der Waals surface area contributed by atoms with Gasteiger partial charge in [-0.3, -0.25) is 4.79 Å². The van der Waals surface area contributed by atoms with Gasteiger partial charge in [0.25, 0.3) is 0 Å². The Hall–Kier alpha value is -0.490. The number of benzene rings is 1. The zero-order valence-electron chi connectivity index (χ0n) is 6.07. The number of hydrogen-bond acceptors (Lipinski definition) is 1. The molecule has 0 aliphatic carbocycles. The van der Waals surface area contributed by atoms with Gasteiger partial charge < -0.3 is 5.32 Å². The first kappa shape index (κ1) is 10.6. The molecule has 13 heavy (non-hydrogen) atoms. The van der Waals surface area contributed by atoms with Crippen LogP contribution in [0.5, 0.6) is 0 Å². The minimum atomic E-state index is -1.03. The lowest BCUT2D eigenvalue weighted by molar-refractivity contribution is -0.105. The normalized spacial score (nSPS) is 9.85. The van der Waals surface area contributed by atoms with E-state index in [9.17, 15) is 13.6 Å². The predicted octanol–water partition coefficient (Wildman–Crippen LogP) is 3.06. The number of amides is 1. The summed E-state index contributed by atoms with van der Waals surface area (Å²) in [5.74, 6) is -2.03. The molecule has 1 aromatic rings. The Balaban J connectivity index is 3.34. The van der Waals surface area contributed by atoms with Gasteiger partial charge in [-0.25, -0.2) is 8.78 Å². The summed E-state index contributed by atoms with van der Waals surface area (Å²) in [4.78, 5) is 10.1. The highest BCUT2D eigenvalue weighted by Crippen LogP contribution is 2.34. The van der Waals surface area contributed by atoms with E-state index in [1.807, 2.05) is 0 Å². The van der Waals surface area contributed by atoms with Gasteiger partial charge in [0.15, 0.2) is 11.6 Å². The first-order valence-corrected chi connectivity index (χ1v) is 4.69. The Morgan fingerprint density at radius 3 is 2.54 bits per heavy atom. The van der Waals surface area contributed by atoms with Crippen LogP contribution in [-0.2, 0) is 4.79 Å². The predicted molar refractivity (Wildman–Crippen MR) is 51.4 cm³/mol. The molecule has 0 radical (unpaired) electrons. The maximum atomic E-state index is 12.9. The van der Waals surface area contributed by atoms with Crippen LogP contribution in [0.15, 0.2) is 15.0 Å². The zero-order chi connectivity index (χ0) is 10.0. The van der Waals surface area contributed by atoms with Crippen molar-refractivity contribution < 1.29 is 13.6 Å². The minimum absolute atomic E-state index is 0.119. The van der Waals surface area contributed by atoms with E-state index in [0.717, 1.165) is 6.07 Å². The van der Waals surface area contributed by atoms with Crippen LogP contribution >= 0.6 is 31.9 Å². The van der Waals surface area contributed by atoms with E-state index in [2.05, 4.69) is 37.2 Å². The zero-order valence-corrected chi connectivity index (χ0v) is 9.25. The SMILES string of the molecule is O=CNc1c(Br)cc(F)c(F)c1Br. The number of carbonyl (C=O) groups excluding carboxylic acids is 1. The largest absolute Gasteiger partial charge is 0.327 e. The van der Waals surface area contributed by atoms with Gasteiger partial charge in [-0.2, -0.15) is 0 Å². The van der Waals surface area contributed by atoms with Crippen LogP contribution in [0.4, 0.5) is 14.5 Å². The van der Waals surface area contributed by atoms with Crippen LogP contribution in [0.3, 0.4) is 0 Å². The van der Waals surface area contributed by atoms with E-state index < -0.39 is 11.6 Å². The van der Waals surface area contributed by atoms with Crippen molar-refractivity contribution in [1.82, 2.24) is 0 Å². The van der Waals surface area contributed by atoms with Crippen molar-refractivity contribution in [1.29, 1.82) is 0 Å². The van der Waals surface area contributed by atoms with Crippen LogP contribution in [0.2, 0.25) is 0 Å². The van der Waals surface area contributed by atoms with Crippen LogP contribution in [0, 0.1) is 11.6 Å². The highest BCUT2D eigenvalue weighted by Gasteiger charge is 2.14. The van der Waals surface area contributed by atoms with Crippen molar-refractivity contribution in [2.45, 2.75) is 0 Å². The van der Waals surface area contributed by atoms with Crippen molar-refractivity contribution in [3.8, 4) is 0 Å². The smallest absolute Gasteiger partial charge is 0.211 e. The molecule has 2 nitrogen and oxygen atoms in total. The summed E-state index contributed by atoms with van der Waals surface area (Å²) in [6.45, 7) is 0. The molecule has 0 bridgehead atoms. The third-order valence-corrected chi connectivity index (χ3v) is 2.69. The average Bonchev–Trinajstić information content (AvgIpc) is 2.09. The van der Waals surface area contributed by atoms with E-state index in [4.69, 9.17) is 0 Å². The van der Waals surface area contributed by atoms with Gasteiger partial charge in [-0.1, -0.05) is 0 Å². The Morgan fingerprint density at radius 1 is 1.38 bits per heavy atom. The topological polar surface area (TPSA) is 29.1 Å². The Bertz CT molecular complexity index is 357. The molecule has 1 aromatic carbocycles. The molecule has 0 saturated heterocycles. The summed E-state index contributed by atoms with van der Waals surface area (Å²) in [7, 11) is 0. The van der Waals surface area contributed by atoms with E-state index in [1.54, 1.807) is 0 Å². The summed E-state index contributed by atoms with van der Waals surface area (Å²) in [5, 5.41) is 2.23. The highest BCUT2D eigenvalue weighted by atomic mass is 79.9. The molecule has 0 aromatic heterocycles. The van der Waals surface area contributed by atoms with Crippen LogP contribution < -0.4 is 5.32 Å². The number of anilines is 1. The van der Waals surface area contributed by atoms with Gasteiger partial charge in [-0.05, 0) is 37.9 Å². The van der Waals surface area contributed by atoms with Gasteiger partial charge in [0, 0.05) is 4.47 Å². The van der Waals surface area contributed by atoms with E-state index in [0.29, 0.717) is 6.41 Å². The molecule has 0 spiro atoms. The Morgan fingerprint density at radius 2 is 2.00 bits per heavy atom. The number of rotatable bonds is 2. The maximum Gasteiger partial charge on any atom is 0.211 e. The number of halogens is 4. The van der Waals surface area contributed by atoms with Crippen LogP contribution in [0.1, 0.15) is 0 Å². The molecule has 6 heteroatoms. The molecule has 70 valence electrons. The van der Waals surface area contributed by atoms with Crippen LogP contribution in [0.25, 0.3) is 0 Å². The molecule has 0 unspecified atom stereocenters. The highest BCUT2D eigenvalue weighted by molar-refractivity contribution is 9.11. The molecule has 0 aliphatic rings. The molecule has 0 aliphatic heterocycles. The van der Waals surface area contributed by atoms with Gasteiger partial charge in [0.05, 0.1) is 10.2 Å². The van der Waals surface area contributed by atoms with Crippen molar-refractivity contribution in [3.05, 3.63) is 26.6 Å². The van der Waals surface area contributed by atoms with E-state index >= 15 is 0 Å². The lowest BCUT2D eigenvalue weighted by Gasteiger charge is -2.06. The number of hydrogen-bond donors (Lipinski definition) is 1. The summed E-state index contributed by atoms with van der Waals surface area (Å²) in [6.07, 6.45) is 0.377. The van der Waals surface area contributed by atoms with Crippen molar-refractivity contribution in [3.63, 3.8) is 0 Å². The molecule has 0 heterocycles. The summed E-state index contributed by atoms with van der Waals surface area (Å²) in [5.41, 5.74) is 0.161. The summed E-state index contributed by atoms with van der Waals surface area (Å²) < 4.78 is 25.8. The van der Waals surface area contributed by atoms with Crippen molar-refractivity contribution >= 4 is 44.0 Å². The van der Waals surface area contributed by atoms with Gasteiger partial charge in [0.2, 0.25) is 6.41 Å². The van der Waals surface area contributed by atoms with Crippen molar-refractivity contribution in [2.75, 3.05) is 5.32 Å². The Kier molecular flexibility index (Phi) is 3.38. The number of nitrogens with one attached hydrogen (secondary N) is 1. The Labute approximate surface area is 89.6 Å². The fraction of sp³-hybridized carbons (Fsp3) is 0. The monoisotopic (exact) mass is 313 g/mol. The average molecular weight is 315 g/mol. The van der Waals surface area contributed by atoms with E-state index in [1.165, 1.54) is 0 Å². The molecular formula is C7H3Br2F2NO. The third kappa shape index (κ3) is 2.05. The van der Waals surface area contributed by atoms with Gasteiger partial charge in [-0.15, -0.1) is 0 Å². The molecule has 1 amide bonds. The van der Waals surface area contributed by atoms with Gasteiger partial charge in [0.1, 0.15) is 0 Å². The molecule has 0 fully saturated rings. The quantitative estimate of drug-likeness (QED) is 0.507. The second kappa shape index (κ2) is 4.15.